The molecule has 0 aliphatic heterocycles. The summed E-state index contributed by atoms with van der Waals surface area (Å²) in [7, 11) is 0. The highest BCUT2D eigenvalue weighted by Crippen LogP contribution is 2.49. The summed E-state index contributed by atoms with van der Waals surface area (Å²) in [5, 5.41) is 0. The normalized spacial score (nSPS) is 32.9. The predicted octanol–water partition coefficient (Wildman–Crippen LogP) is 6.12. The quantitative estimate of drug-likeness (QED) is 0.297. The number of hydrogen-bond acceptors (Lipinski definition) is 0. The molecule has 0 N–H and O–H groups in total. The van der Waals surface area contributed by atoms with Crippen molar-refractivity contribution in [1.82, 2.24) is 0 Å². The first-order chi connectivity index (χ1) is 9.90. The van der Waals surface area contributed by atoms with E-state index in [1.807, 2.05) is 5.57 Å². The van der Waals surface area contributed by atoms with E-state index >= 15 is 0 Å². The van der Waals surface area contributed by atoms with E-state index in [0.717, 1.165) is 30.2 Å². The van der Waals surface area contributed by atoms with Gasteiger partial charge >= 0.3 is 0 Å². The van der Waals surface area contributed by atoms with E-state index < -0.39 is 0 Å². The van der Waals surface area contributed by atoms with Crippen molar-refractivity contribution in [3.05, 3.63) is 11.6 Å². The number of allylic oxidation sites excluding steroid dienone is 2. The largest absolute Gasteiger partial charge is 0.146 e. The molecule has 0 aromatic rings. The molecule has 4 aliphatic carbocycles. The molecule has 3 fully saturated rings. The molecule has 0 aromatic carbocycles. The lowest BCUT2D eigenvalue weighted by molar-refractivity contribution is 0.440. The van der Waals surface area contributed by atoms with Crippen LogP contribution in [0.1, 0.15) is 77.0 Å². The van der Waals surface area contributed by atoms with Crippen LogP contribution in [0.25, 0.3) is 0 Å². The topological polar surface area (TPSA) is 0 Å². The molecule has 0 heterocycles. The second-order valence-electron chi connectivity index (χ2n) is 8.30. The van der Waals surface area contributed by atoms with Crippen molar-refractivity contribution in [3.8, 4) is 0 Å². The maximum Gasteiger partial charge on any atom is 0.146 e. The number of hydrogen-bond donors (Lipinski definition) is 0. The third-order valence-electron chi connectivity index (χ3n) is 7.21. The van der Waals surface area contributed by atoms with Crippen LogP contribution in [0.4, 0.5) is 0 Å². The molecule has 4 aliphatic rings. The van der Waals surface area contributed by atoms with Crippen molar-refractivity contribution in [3.63, 3.8) is 0 Å². The van der Waals surface area contributed by atoms with Crippen LogP contribution < -0.4 is 0 Å². The van der Waals surface area contributed by atoms with Gasteiger partial charge in [0, 0.05) is 0 Å². The Kier molecular flexibility index (Phi) is 3.97. The fraction of sp³-hybridized carbons (Fsp3) is 0.895. The SMILES string of the molecule is C1=C(CCCCB(C2CCC2)C2CCC2)C2CCC1C2. The average molecular weight is 270 g/mol. The van der Waals surface area contributed by atoms with Crippen LogP contribution in [-0.4, -0.2) is 6.71 Å². The van der Waals surface area contributed by atoms with Gasteiger partial charge < -0.3 is 0 Å². The first-order valence-corrected chi connectivity index (χ1v) is 9.61. The molecule has 2 bridgehead atoms. The molecule has 0 saturated heterocycles. The highest BCUT2D eigenvalue weighted by molar-refractivity contribution is 6.62. The van der Waals surface area contributed by atoms with Gasteiger partial charge in [0.15, 0.2) is 0 Å². The van der Waals surface area contributed by atoms with E-state index in [0.29, 0.717) is 0 Å². The smallest absolute Gasteiger partial charge is 0.0819 e. The maximum absolute atomic E-state index is 2.66. The highest BCUT2D eigenvalue weighted by Gasteiger charge is 2.38. The van der Waals surface area contributed by atoms with E-state index in [-0.39, 0.29) is 0 Å². The molecule has 110 valence electrons. The second-order valence-corrected chi connectivity index (χ2v) is 8.30. The fourth-order valence-electron chi connectivity index (χ4n) is 5.53. The van der Waals surface area contributed by atoms with Crippen molar-refractivity contribution < 1.29 is 0 Å². The van der Waals surface area contributed by atoms with E-state index in [1.165, 1.54) is 51.4 Å². The van der Waals surface area contributed by atoms with Crippen LogP contribution in [0.3, 0.4) is 0 Å². The third kappa shape index (κ3) is 2.62. The zero-order valence-electron chi connectivity index (χ0n) is 13.2. The third-order valence-corrected chi connectivity index (χ3v) is 7.21. The zero-order valence-corrected chi connectivity index (χ0v) is 13.2. The lowest BCUT2D eigenvalue weighted by Gasteiger charge is -2.40. The Balaban J connectivity index is 1.20. The lowest BCUT2D eigenvalue weighted by atomic mass is 9.26. The van der Waals surface area contributed by atoms with Crippen LogP contribution in [0.5, 0.6) is 0 Å². The van der Waals surface area contributed by atoms with Gasteiger partial charge in [0.05, 0.1) is 0 Å². The standard InChI is InChI=1S/C19H31B/c1(5-16-13-15-10-11-17(16)14-15)2-12-20(18-6-3-7-18)19-8-4-9-19/h13,15,17-19H,1-12,14H2. The Morgan fingerprint density at radius 3 is 2.15 bits per heavy atom. The fourth-order valence-corrected chi connectivity index (χ4v) is 5.53. The monoisotopic (exact) mass is 270 g/mol. The Labute approximate surface area is 125 Å². The van der Waals surface area contributed by atoms with Gasteiger partial charge in [-0.15, -0.1) is 0 Å². The average Bonchev–Trinajstić information content (AvgIpc) is 2.91. The highest BCUT2D eigenvalue weighted by atomic mass is 14.4. The summed E-state index contributed by atoms with van der Waals surface area (Å²) < 4.78 is 0. The lowest BCUT2D eigenvalue weighted by Crippen LogP contribution is -2.34. The van der Waals surface area contributed by atoms with Gasteiger partial charge in [0.1, 0.15) is 6.71 Å². The van der Waals surface area contributed by atoms with Crippen LogP contribution in [0.15, 0.2) is 11.6 Å². The molecule has 4 rings (SSSR count). The summed E-state index contributed by atoms with van der Waals surface area (Å²) in [5.74, 6) is 4.30. The van der Waals surface area contributed by atoms with Crippen LogP contribution in [-0.2, 0) is 0 Å². The molecule has 0 amide bonds. The zero-order chi connectivity index (χ0) is 13.4. The van der Waals surface area contributed by atoms with E-state index in [4.69, 9.17) is 0 Å². The summed E-state index contributed by atoms with van der Waals surface area (Å²) in [6.07, 6.45) is 22.5. The van der Waals surface area contributed by atoms with Crippen molar-refractivity contribution >= 4 is 6.71 Å². The minimum absolute atomic E-state index is 0.993. The van der Waals surface area contributed by atoms with Gasteiger partial charge in [-0.1, -0.05) is 81.0 Å². The van der Waals surface area contributed by atoms with Crippen LogP contribution in [0.2, 0.25) is 18.0 Å². The van der Waals surface area contributed by atoms with E-state index in [2.05, 4.69) is 6.08 Å². The molecule has 0 nitrogen and oxygen atoms in total. The van der Waals surface area contributed by atoms with Gasteiger partial charge in [0.25, 0.3) is 0 Å². The van der Waals surface area contributed by atoms with Gasteiger partial charge in [0.2, 0.25) is 0 Å². The minimum atomic E-state index is 0.993. The van der Waals surface area contributed by atoms with E-state index in [1.54, 1.807) is 32.0 Å². The van der Waals surface area contributed by atoms with Gasteiger partial charge in [-0.05, 0) is 37.5 Å². The second kappa shape index (κ2) is 5.89. The number of rotatable bonds is 7. The molecule has 1 heteroatoms. The first kappa shape index (κ1) is 13.5. The Bertz CT molecular complexity index is 350. The van der Waals surface area contributed by atoms with Crippen LogP contribution >= 0.6 is 0 Å². The van der Waals surface area contributed by atoms with Crippen molar-refractivity contribution in [2.24, 2.45) is 11.8 Å². The Morgan fingerprint density at radius 2 is 1.65 bits per heavy atom. The molecule has 2 unspecified atom stereocenters. The number of unbranched alkanes of at least 4 members (excludes halogenated alkanes) is 1. The summed E-state index contributed by atoms with van der Waals surface area (Å²) in [6, 6.07) is 0. The molecule has 0 aromatic heterocycles. The molecule has 3 saturated carbocycles. The van der Waals surface area contributed by atoms with Crippen molar-refractivity contribution in [2.45, 2.75) is 95.0 Å². The summed E-state index contributed by atoms with van der Waals surface area (Å²) in [4.78, 5) is 0. The maximum atomic E-state index is 2.66. The van der Waals surface area contributed by atoms with Gasteiger partial charge in [-0.3, -0.25) is 0 Å². The first-order valence-electron chi connectivity index (χ1n) is 9.61. The Morgan fingerprint density at radius 1 is 0.900 bits per heavy atom. The molecular weight excluding hydrogens is 239 g/mol. The summed E-state index contributed by atoms with van der Waals surface area (Å²) in [6.45, 7) is 1.13. The summed E-state index contributed by atoms with van der Waals surface area (Å²) in [5.41, 5.74) is 1.87. The van der Waals surface area contributed by atoms with Crippen LogP contribution in [0, 0.1) is 11.8 Å². The van der Waals surface area contributed by atoms with Crippen molar-refractivity contribution in [1.29, 1.82) is 0 Å². The molecule has 20 heavy (non-hydrogen) atoms. The molecule has 2 atom stereocenters. The van der Waals surface area contributed by atoms with E-state index in [9.17, 15) is 0 Å². The molecular formula is C19H31B. The number of fused-ring (bicyclic) bond motifs is 2. The van der Waals surface area contributed by atoms with Crippen molar-refractivity contribution in [2.75, 3.05) is 0 Å². The summed E-state index contributed by atoms with van der Waals surface area (Å²) >= 11 is 0. The predicted molar refractivity (Wildman–Crippen MR) is 88.5 cm³/mol. The van der Waals surface area contributed by atoms with Gasteiger partial charge in [-0.2, -0.15) is 0 Å². The Hall–Kier alpha value is -0.195. The van der Waals surface area contributed by atoms with Gasteiger partial charge in [-0.25, -0.2) is 0 Å². The molecule has 0 spiro atoms. The minimum Gasteiger partial charge on any atom is -0.0819 e. The molecule has 0 radical (unpaired) electrons.